The van der Waals surface area contributed by atoms with Crippen LogP contribution in [0.1, 0.15) is 15.2 Å². The molecule has 0 aliphatic carbocycles. The van der Waals surface area contributed by atoms with E-state index in [2.05, 4.69) is 11.2 Å². The molecule has 0 fully saturated rings. The molecule has 2 nitrogen and oxygen atoms in total. The highest BCUT2D eigenvalue weighted by atomic mass is 32.1. The van der Waals surface area contributed by atoms with Gasteiger partial charge in [-0.1, -0.05) is 5.92 Å². The second-order valence-corrected chi connectivity index (χ2v) is 3.74. The van der Waals surface area contributed by atoms with Gasteiger partial charge in [-0.2, -0.15) is 0 Å². The van der Waals surface area contributed by atoms with Gasteiger partial charge in [-0.3, -0.25) is 10.1 Å². The first-order chi connectivity index (χ1) is 6.25. The number of rotatable bonds is 4. The molecule has 3 heteroatoms. The van der Waals surface area contributed by atoms with Crippen molar-refractivity contribution < 1.29 is 4.79 Å². The monoisotopic (exact) mass is 193 g/mol. The van der Waals surface area contributed by atoms with Gasteiger partial charge in [0.2, 0.25) is 0 Å². The molecule has 0 aromatic carbocycles. The predicted octanol–water partition coefficient (Wildman–Crippen LogP) is 1.46. The zero-order valence-corrected chi connectivity index (χ0v) is 8.28. The van der Waals surface area contributed by atoms with Crippen LogP contribution in [-0.4, -0.2) is 18.9 Å². The van der Waals surface area contributed by atoms with Crippen LogP contribution in [0.2, 0.25) is 0 Å². The van der Waals surface area contributed by atoms with Gasteiger partial charge in [0.15, 0.2) is 5.78 Å². The van der Waals surface area contributed by atoms with Gasteiger partial charge in [0.25, 0.3) is 0 Å². The first kappa shape index (κ1) is 9.97. The number of ketones is 1. The van der Waals surface area contributed by atoms with E-state index in [-0.39, 0.29) is 5.78 Å². The minimum atomic E-state index is 0.106. The standard InChI is InChI=1S/C10H11NOS/c1-3-5-11-7-10(12)9-4-6-13-8(9)2/h1,4,6,11H,5,7H2,2H3. The molecule has 0 amide bonds. The Kier molecular flexibility index (Phi) is 3.69. The number of hydrogen-bond donors (Lipinski definition) is 1. The Bertz CT molecular complexity index is 335. The molecule has 1 N–H and O–H groups in total. The normalized spacial score (nSPS) is 9.54. The number of carbonyl (C=O) groups is 1. The molecular formula is C10H11NOS. The average Bonchev–Trinajstić information content (AvgIpc) is 2.52. The van der Waals surface area contributed by atoms with Crippen LogP contribution in [0, 0.1) is 19.3 Å². The van der Waals surface area contributed by atoms with Gasteiger partial charge in [0, 0.05) is 10.4 Å². The molecule has 0 spiro atoms. The van der Waals surface area contributed by atoms with Crippen molar-refractivity contribution in [2.75, 3.05) is 13.1 Å². The summed E-state index contributed by atoms with van der Waals surface area (Å²) in [7, 11) is 0. The molecule has 1 rings (SSSR count). The van der Waals surface area contributed by atoms with E-state index in [4.69, 9.17) is 6.42 Å². The Labute approximate surface area is 82.0 Å². The summed E-state index contributed by atoms with van der Waals surface area (Å²) < 4.78 is 0. The van der Waals surface area contributed by atoms with Crippen molar-refractivity contribution in [3.05, 3.63) is 21.9 Å². The van der Waals surface area contributed by atoms with E-state index in [9.17, 15) is 4.79 Å². The number of nitrogens with one attached hydrogen (secondary N) is 1. The highest BCUT2D eigenvalue weighted by molar-refractivity contribution is 7.10. The minimum absolute atomic E-state index is 0.106. The molecule has 0 atom stereocenters. The Hall–Kier alpha value is -1.11. The molecule has 0 bridgehead atoms. The highest BCUT2D eigenvalue weighted by Gasteiger charge is 2.08. The van der Waals surface area contributed by atoms with Gasteiger partial charge in [0.1, 0.15) is 0 Å². The van der Waals surface area contributed by atoms with Crippen LogP contribution in [0.3, 0.4) is 0 Å². The number of hydrogen-bond acceptors (Lipinski definition) is 3. The summed E-state index contributed by atoms with van der Waals surface area (Å²) in [6, 6.07) is 1.85. The Morgan fingerprint density at radius 3 is 3.08 bits per heavy atom. The maximum absolute atomic E-state index is 11.5. The molecule has 1 aromatic rings. The van der Waals surface area contributed by atoms with E-state index < -0.39 is 0 Å². The molecule has 13 heavy (non-hydrogen) atoms. The van der Waals surface area contributed by atoms with Gasteiger partial charge >= 0.3 is 0 Å². The smallest absolute Gasteiger partial charge is 0.177 e. The molecule has 1 heterocycles. The van der Waals surface area contributed by atoms with Crippen LogP contribution in [-0.2, 0) is 0 Å². The lowest BCUT2D eigenvalue weighted by atomic mass is 10.2. The van der Waals surface area contributed by atoms with Gasteiger partial charge in [0.05, 0.1) is 13.1 Å². The zero-order chi connectivity index (χ0) is 9.68. The van der Waals surface area contributed by atoms with Gasteiger partial charge < -0.3 is 0 Å². The number of thiophene rings is 1. The quantitative estimate of drug-likeness (QED) is 0.445. The lowest BCUT2D eigenvalue weighted by molar-refractivity contribution is 0.0992. The van der Waals surface area contributed by atoms with Gasteiger partial charge in [-0.25, -0.2) is 0 Å². The van der Waals surface area contributed by atoms with Crippen LogP contribution < -0.4 is 5.32 Å². The van der Waals surface area contributed by atoms with E-state index >= 15 is 0 Å². The average molecular weight is 193 g/mol. The Morgan fingerprint density at radius 2 is 2.54 bits per heavy atom. The maximum atomic E-state index is 11.5. The molecule has 1 aromatic heterocycles. The largest absolute Gasteiger partial charge is 0.299 e. The van der Waals surface area contributed by atoms with E-state index in [1.54, 1.807) is 11.3 Å². The van der Waals surface area contributed by atoms with E-state index in [0.717, 1.165) is 10.4 Å². The lowest BCUT2D eigenvalue weighted by Gasteiger charge is -1.99. The summed E-state index contributed by atoms with van der Waals surface area (Å²) in [5.41, 5.74) is 0.800. The fourth-order valence-electron chi connectivity index (χ4n) is 1.02. The third-order valence-corrected chi connectivity index (χ3v) is 2.52. The van der Waals surface area contributed by atoms with Crippen molar-refractivity contribution in [2.24, 2.45) is 0 Å². The Balaban J connectivity index is 2.50. The number of Topliss-reactive ketones (excluding diaryl/α,β-unsaturated/α-hetero) is 1. The molecular weight excluding hydrogens is 182 g/mol. The topological polar surface area (TPSA) is 29.1 Å². The number of terminal acetylenes is 1. The Morgan fingerprint density at radius 1 is 1.77 bits per heavy atom. The van der Waals surface area contributed by atoms with Crippen LogP contribution >= 0.6 is 11.3 Å². The molecule has 0 aliphatic rings. The molecule has 68 valence electrons. The SMILES string of the molecule is C#CCNCC(=O)c1ccsc1C. The first-order valence-corrected chi connectivity index (χ1v) is 4.85. The third kappa shape index (κ3) is 2.69. The fourth-order valence-corrected chi connectivity index (χ4v) is 1.73. The van der Waals surface area contributed by atoms with Crippen molar-refractivity contribution in [2.45, 2.75) is 6.92 Å². The lowest BCUT2D eigenvalue weighted by Crippen LogP contribution is -2.23. The summed E-state index contributed by atoms with van der Waals surface area (Å²) in [6.07, 6.45) is 5.04. The van der Waals surface area contributed by atoms with Crippen LogP contribution in [0.4, 0.5) is 0 Å². The van der Waals surface area contributed by atoms with E-state index in [1.165, 1.54) is 0 Å². The molecule has 0 saturated carbocycles. The summed E-state index contributed by atoms with van der Waals surface area (Å²) in [6.45, 7) is 2.70. The predicted molar refractivity (Wildman–Crippen MR) is 55.1 cm³/mol. The van der Waals surface area contributed by atoms with Crippen molar-refractivity contribution >= 4 is 17.1 Å². The van der Waals surface area contributed by atoms with Crippen LogP contribution in [0.25, 0.3) is 0 Å². The van der Waals surface area contributed by atoms with Gasteiger partial charge in [-0.15, -0.1) is 17.8 Å². The molecule has 0 radical (unpaired) electrons. The van der Waals surface area contributed by atoms with E-state index in [1.807, 2.05) is 18.4 Å². The first-order valence-electron chi connectivity index (χ1n) is 3.97. The summed E-state index contributed by atoms with van der Waals surface area (Å²) >= 11 is 1.58. The van der Waals surface area contributed by atoms with Crippen molar-refractivity contribution in [3.8, 4) is 12.3 Å². The molecule has 0 unspecified atom stereocenters. The van der Waals surface area contributed by atoms with Crippen LogP contribution in [0.5, 0.6) is 0 Å². The van der Waals surface area contributed by atoms with Crippen molar-refractivity contribution in [1.82, 2.24) is 5.32 Å². The maximum Gasteiger partial charge on any atom is 0.177 e. The fraction of sp³-hybridized carbons (Fsp3) is 0.300. The number of carbonyl (C=O) groups excluding carboxylic acids is 1. The highest BCUT2D eigenvalue weighted by Crippen LogP contribution is 2.14. The summed E-state index contributed by atoms with van der Waals surface area (Å²) in [5.74, 6) is 2.53. The summed E-state index contributed by atoms with van der Waals surface area (Å²) in [4.78, 5) is 12.5. The minimum Gasteiger partial charge on any atom is -0.299 e. The third-order valence-electron chi connectivity index (χ3n) is 1.67. The van der Waals surface area contributed by atoms with Crippen LogP contribution in [0.15, 0.2) is 11.4 Å². The summed E-state index contributed by atoms with van der Waals surface area (Å²) in [5, 5.41) is 4.79. The van der Waals surface area contributed by atoms with Gasteiger partial charge in [-0.05, 0) is 18.4 Å². The van der Waals surface area contributed by atoms with Crippen molar-refractivity contribution in [1.29, 1.82) is 0 Å². The second kappa shape index (κ2) is 4.80. The zero-order valence-electron chi connectivity index (χ0n) is 7.46. The molecule has 0 saturated heterocycles. The van der Waals surface area contributed by atoms with E-state index in [0.29, 0.717) is 13.1 Å². The molecule has 0 aliphatic heterocycles. The van der Waals surface area contributed by atoms with Crippen molar-refractivity contribution in [3.63, 3.8) is 0 Å². The second-order valence-electron chi connectivity index (χ2n) is 2.62. The number of aryl methyl sites for hydroxylation is 1.